The Balaban J connectivity index is 1.26. The minimum atomic E-state index is -0.177. The van der Waals surface area contributed by atoms with E-state index in [9.17, 15) is 9.59 Å². The van der Waals surface area contributed by atoms with Gasteiger partial charge in [-0.05, 0) is 47.0 Å². The first-order chi connectivity index (χ1) is 20.7. The molecule has 4 heterocycles. The fraction of sp³-hybridized carbons (Fsp3) is 0.118. The fourth-order valence-electron chi connectivity index (χ4n) is 5.68. The van der Waals surface area contributed by atoms with Crippen molar-refractivity contribution in [3.8, 4) is 33.5 Å². The molecular formula is C34H28N6O2. The molecule has 2 N–H and O–H groups in total. The van der Waals surface area contributed by atoms with Crippen LogP contribution in [-0.4, -0.2) is 56.9 Å². The van der Waals surface area contributed by atoms with E-state index in [1.165, 1.54) is 0 Å². The molecule has 3 aromatic carbocycles. The van der Waals surface area contributed by atoms with Crippen LogP contribution < -0.4 is 10.5 Å². The van der Waals surface area contributed by atoms with E-state index in [2.05, 4.69) is 61.2 Å². The Morgan fingerprint density at radius 2 is 1.55 bits per heavy atom. The summed E-state index contributed by atoms with van der Waals surface area (Å²) in [5.74, 6) is 0.811. The van der Waals surface area contributed by atoms with Crippen LogP contribution in [0.2, 0.25) is 0 Å². The number of carbonyl (C=O) groups is 1. The first-order valence-corrected chi connectivity index (χ1v) is 14.0. The van der Waals surface area contributed by atoms with Gasteiger partial charge in [-0.1, -0.05) is 54.6 Å². The molecule has 1 saturated heterocycles. The molecule has 0 saturated carbocycles. The predicted octanol–water partition coefficient (Wildman–Crippen LogP) is 5.61. The lowest BCUT2D eigenvalue weighted by molar-refractivity contribution is 0.0746. The number of rotatable bonds is 5. The van der Waals surface area contributed by atoms with Crippen LogP contribution in [0.15, 0.2) is 115 Å². The molecule has 0 bridgehead atoms. The Kier molecular flexibility index (Phi) is 6.56. The molecule has 1 fully saturated rings. The second-order valence-electron chi connectivity index (χ2n) is 10.3. The minimum Gasteiger partial charge on any atom is -0.354 e. The number of piperazine rings is 1. The van der Waals surface area contributed by atoms with E-state index in [4.69, 9.17) is 0 Å². The molecule has 1 aliphatic rings. The molecule has 7 rings (SSSR count). The van der Waals surface area contributed by atoms with Crippen LogP contribution in [0.3, 0.4) is 0 Å². The number of aromatic amines is 2. The van der Waals surface area contributed by atoms with Gasteiger partial charge in [-0.15, -0.1) is 0 Å². The largest absolute Gasteiger partial charge is 0.354 e. The Labute approximate surface area is 242 Å². The maximum absolute atomic E-state index is 13.7. The quantitative estimate of drug-likeness (QED) is 0.290. The van der Waals surface area contributed by atoms with Crippen molar-refractivity contribution in [3.05, 3.63) is 126 Å². The summed E-state index contributed by atoms with van der Waals surface area (Å²) in [4.78, 5) is 45.4. The van der Waals surface area contributed by atoms with Crippen LogP contribution in [0.25, 0.3) is 44.4 Å². The molecule has 0 spiro atoms. The lowest BCUT2D eigenvalue weighted by Gasteiger charge is -2.35. The van der Waals surface area contributed by atoms with Crippen molar-refractivity contribution in [1.82, 2.24) is 24.8 Å². The van der Waals surface area contributed by atoms with Crippen molar-refractivity contribution in [1.29, 1.82) is 0 Å². The second kappa shape index (κ2) is 10.8. The SMILES string of the molecule is O=C(c1ccc2[nH]c(-c3ccc[nH]c3=O)c(-c3ccc(-c4ccccc4)cc3)c2c1)N1CCN(c2cnccn2)CC1. The topological polar surface area (TPSA) is 98.0 Å². The monoisotopic (exact) mass is 552 g/mol. The minimum absolute atomic E-state index is 0.0126. The lowest BCUT2D eigenvalue weighted by Crippen LogP contribution is -2.49. The van der Waals surface area contributed by atoms with Crippen LogP contribution in [-0.2, 0) is 0 Å². The standard InChI is InChI=1S/C34H28N6O2/c41-33-27(7-4-14-37-33)32-31(25-10-8-24(9-11-25)23-5-2-1-3-6-23)28-21-26(12-13-29(28)38-32)34(42)40-19-17-39(18-20-40)30-22-35-15-16-36-30/h1-16,21-22,38H,17-20H2,(H,37,41). The van der Waals surface area contributed by atoms with Gasteiger partial charge in [0.25, 0.3) is 11.5 Å². The highest BCUT2D eigenvalue weighted by molar-refractivity contribution is 6.07. The van der Waals surface area contributed by atoms with Gasteiger partial charge >= 0.3 is 0 Å². The third kappa shape index (κ3) is 4.73. The van der Waals surface area contributed by atoms with Crippen LogP contribution in [0.4, 0.5) is 5.82 Å². The lowest BCUT2D eigenvalue weighted by atomic mass is 9.95. The molecule has 0 unspecified atom stereocenters. The van der Waals surface area contributed by atoms with Gasteiger partial charge in [0.15, 0.2) is 0 Å². The summed E-state index contributed by atoms with van der Waals surface area (Å²) >= 11 is 0. The van der Waals surface area contributed by atoms with Gasteiger partial charge in [0.2, 0.25) is 0 Å². The average Bonchev–Trinajstić information content (AvgIpc) is 3.44. The van der Waals surface area contributed by atoms with E-state index < -0.39 is 0 Å². The van der Waals surface area contributed by atoms with E-state index in [-0.39, 0.29) is 11.5 Å². The second-order valence-corrected chi connectivity index (χ2v) is 10.3. The first kappa shape index (κ1) is 25.5. The molecule has 0 radical (unpaired) electrons. The van der Waals surface area contributed by atoms with Crippen LogP contribution in [0, 0.1) is 0 Å². The number of H-pyrrole nitrogens is 2. The molecule has 0 aliphatic carbocycles. The van der Waals surface area contributed by atoms with Gasteiger partial charge < -0.3 is 19.8 Å². The number of aromatic nitrogens is 4. The third-order valence-corrected chi connectivity index (χ3v) is 7.85. The Bertz CT molecular complexity index is 1920. The van der Waals surface area contributed by atoms with Gasteiger partial charge in [0, 0.05) is 66.8 Å². The smallest absolute Gasteiger partial charge is 0.257 e. The normalized spacial score (nSPS) is 13.4. The van der Waals surface area contributed by atoms with E-state index >= 15 is 0 Å². The van der Waals surface area contributed by atoms with Crippen molar-refractivity contribution in [2.75, 3.05) is 31.1 Å². The number of anilines is 1. The molecule has 1 aliphatic heterocycles. The summed E-state index contributed by atoms with van der Waals surface area (Å²) in [5, 5.41) is 0.893. The van der Waals surface area contributed by atoms with Crippen LogP contribution in [0.5, 0.6) is 0 Å². The number of benzene rings is 3. The average molecular weight is 553 g/mol. The molecule has 6 aromatic rings. The highest BCUT2D eigenvalue weighted by Gasteiger charge is 2.24. The van der Waals surface area contributed by atoms with Gasteiger partial charge in [-0.3, -0.25) is 14.6 Å². The maximum atomic E-state index is 13.7. The van der Waals surface area contributed by atoms with Crippen molar-refractivity contribution < 1.29 is 4.79 Å². The molecular weight excluding hydrogens is 524 g/mol. The molecule has 42 heavy (non-hydrogen) atoms. The highest BCUT2D eigenvalue weighted by atomic mass is 16.2. The highest BCUT2D eigenvalue weighted by Crippen LogP contribution is 2.38. The van der Waals surface area contributed by atoms with E-state index in [1.54, 1.807) is 24.8 Å². The Hall–Kier alpha value is -5.50. The molecule has 8 nitrogen and oxygen atoms in total. The first-order valence-electron chi connectivity index (χ1n) is 14.0. The molecule has 3 aromatic heterocycles. The number of nitrogens with one attached hydrogen (secondary N) is 2. The zero-order chi connectivity index (χ0) is 28.5. The summed E-state index contributed by atoms with van der Waals surface area (Å²) in [7, 11) is 0. The van der Waals surface area contributed by atoms with Gasteiger partial charge in [-0.25, -0.2) is 4.98 Å². The summed E-state index contributed by atoms with van der Waals surface area (Å²) in [6.07, 6.45) is 6.72. The van der Waals surface area contributed by atoms with E-state index in [0.29, 0.717) is 37.3 Å². The van der Waals surface area contributed by atoms with Gasteiger partial charge in [0.1, 0.15) is 5.82 Å². The fourth-order valence-corrected chi connectivity index (χ4v) is 5.68. The van der Waals surface area contributed by atoms with E-state index in [1.807, 2.05) is 53.4 Å². The Morgan fingerprint density at radius 3 is 2.29 bits per heavy atom. The number of hydrogen-bond donors (Lipinski definition) is 2. The zero-order valence-corrected chi connectivity index (χ0v) is 22.8. The van der Waals surface area contributed by atoms with E-state index in [0.717, 1.165) is 44.7 Å². The summed E-state index contributed by atoms with van der Waals surface area (Å²) in [6.45, 7) is 2.58. The van der Waals surface area contributed by atoms with Crippen molar-refractivity contribution in [2.45, 2.75) is 0 Å². The molecule has 8 heteroatoms. The number of fused-ring (bicyclic) bond motifs is 1. The van der Waals surface area contributed by atoms with Crippen molar-refractivity contribution in [3.63, 3.8) is 0 Å². The molecule has 1 amide bonds. The van der Waals surface area contributed by atoms with Crippen LogP contribution >= 0.6 is 0 Å². The number of amides is 1. The number of nitrogens with zero attached hydrogens (tertiary/aromatic N) is 4. The Morgan fingerprint density at radius 1 is 0.786 bits per heavy atom. The predicted molar refractivity (Wildman–Crippen MR) is 165 cm³/mol. The van der Waals surface area contributed by atoms with Gasteiger partial charge in [-0.2, -0.15) is 0 Å². The van der Waals surface area contributed by atoms with Crippen LogP contribution in [0.1, 0.15) is 10.4 Å². The van der Waals surface area contributed by atoms with Crippen molar-refractivity contribution in [2.24, 2.45) is 0 Å². The maximum Gasteiger partial charge on any atom is 0.257 e. The molecule has 206 valence electrons. The van der Waals surface area contributed by atoms with Crippen molar-refractivity contribution >= 4 is 22.6 Å². The summed E-state index contributed by atoms with van der Waals surface area (Å²) in [5.41, 5.74) is 6.66. The number of hydrogen-bond acceptors (Lipinski definition) is 5. The third-order valence-electron chi connectivity index (χ3n) is 7.85. The summed E-state index contributed by atoms with van der Waals surface area (Å²) in [6, 6.07) is 27.9. The summed E-state index contributed by atoms with van der Waals surface area (Å²) < 4.78 is 0. The number of carbonyl (C=O) groups excluding carboxylic acids is 1. The number of pyridine rings is 1. The zero-order valence-electron chi connectivity index (χ0n) is 22.8. The van der Waals surface area contributed by atoms with Gasteiger partial charge in [0.05, 0.1) is 17.5 Å². The molecule has 0 atom stereocenters.